The van der Waals surface area contributed by atoms with E-state index in [4.69, 9.17) is 4.74 Å². The van der Waals surface area contributed by atoms with E-state index in [2.05, 4.69) is 16.7 Å². The number of allylic oxidation sites excluding steroid dienone is 1. The Labute approximate surface area is 136 Å². The van der Waals surface area contributed by atoms with Crippen LogP contribution < -0.4 is 15.4 Å². The minimum Gasteiger partial charge on any atom is -0.497 e. The predicted octanol–water partition coefficient (Wildman–Crippen LogP) is 2.39. The fourth-order valence-corrected chi connectivity index (χ4v) is 3.43. The summed E-state index contributed by atoms with van der Waals surface area (Å²) in [6, 6.07) is 7.12. The quantitative estimate of drug-likeness (QED) is 0.896. The van der Waals surface area contributed by atoms with Crippen LogP contribution in [-0.4, -0.2) is 25.5 Å². The summed E-state index contributed by atoms with van der Waals surface area (Å²) in [7, 11) is 1.58. The molecular weight excluding hydrogens is 292 g/mol. The van der Waals surface area contributed by atoms with E-state index >= 15 is 0 Å². The topological polar surface area (TPSA) is 67.4 Å². The van der Waals surface area contributed by atoms with E-state index in [9.17, 15) is 9.59 Å². The maximum Gasteiger partial charge on any atom is 0.251 e. The first-order valence-corrected chi connectivity index (χ1v) is 8.06. The molecule has 5 nitrogen and oxygen atoms in total. The van der Waals surface area contributed by atoms with Gasteiger partial charge in [0, 0.05) is 29.6 Å². The second-order valence-corrected chi connectivity index (χ2v) is 6.25. The SMILES string of the molecule is COc1cccc(C(=O)NCC23CCCC=C2NC(=O)CC3)c1. The van der Waals surface area contributed by atoms with Gasteiger partial charge < -0.3 is 15.4 Å². The summed E-state index contributed by atoms with van der Waals surface area (Å²) in [6.07, 6.45) is 6.50. The first kappa shape index (κ1) is 15.6. The molecule has 1 fully saturated rings. The maximum absolute atomic E-state index is 12.4. The van der Waals surface area contributed by atoms with Gasteiger partial charge in [0.15, 0.2) is 0 Å². The molecule has 1 aliphatic heterocycles. The van der Waals surface area contributed by atoms with Gasteiger partial charge in [0.25, 0.3) is 5.91 Å². The summed E-state index contributed by atoms with van der Waals surface area (Å²) >= 11 is 0. The van der Waals surface area contributed by atoms with Gasteiger partial charge in [-0.1, -0.05) is 12.1 Å². The molecule has 2 N–H and O–H groups in total. The Hall–Kier alpha value is -2.30. The van der Waals surface area contributed by atoms with Crippen molar-refractivity contribution in [3.05, 3.63) is 41.6 Å². The zero-order valence-electron chi connectivity index (χ0n) is 13.4. The molecule has 1 aromatic carbocycles. The lowest BCUT2D eigenvalue weighted by Gasteiger charge is -2.42. The smallest absolute Gasteiger partial charge is 0.251 e. The highest BCUT2D eigenvalue weighted by atomic mass is 16.5. The molecule has 1 aliphatic carbocycles. The van der Waals surface area contributed by atoms with Gasteiger partial charge in [-0.2, -0.15) is 0 Å². The van der Waals surface area contributed by atoms with E-state index in [1.54, 1.807) is 25.3 Å². The van der Waals surface area contributed by atoms with E-state index in [0.29, 0.717) is 24.3 Å². The molecule has 0 bridgehead atoms. The van der Waals surface area contributed by atoms with Crippen LogP contribution in [0, 0.1) is 5.41 Å². The van der Waals surface area contributed by atoms with E-state index in [1.807, 2.05) is 6.07 Å². The van der Waals surface area contributed by atoms with Gasteiger partial charge in [0.1, 0.15) is 5.75 Å². The number of nitrogens with one attached hydrogen (secondary N) is 2. The third-order valence-corrected chi connectivity index (χ3v) is 4.80. The lowest BCUT2D eigenvalue weighted by atomic mass is 9.70. The molecule has 1 aromatic rings. The van der Waals surface area contributed by atoms with Gasteiger partial charge in [-0.05, 0) is 43.9 Å². The van der Waals surface area contributed by atoms with Gasteiger partial charge in [-0.15, -0.1) is 0 Å². The van der Waals surface area contributed by atoms with E-state index in [1.165, 1.54) is 0 Å². The monoisotopic (exact) mass is 314 g/mol. The molecule has 2 aliphatic rings. The van der Waals surface area contributed by atoms with Crippen molar-refractivity contribution in [3.63, 3.8) is 0 Å². The molecule has 1 unspecified atom stereocenters. The first-order valence-electron chi connectivity index (χ1n) is 8.06. The van der Waals surface area contributed by atoms with Crippen molar-refractivity contribution in [2.24, 2.45) is 5.41 Å². The molecule has 1 atom stereocenters. The van der Waals surface area contributed by atoms with Crippen LogP contribution in [0.2, 0.25) is 0 Å². The Bertz CT molecular complexity index is 653. The van der Waals surface area contributed by atoms with E-state index < -0.39 is 0 Å². The third kappa shape index (κ3) is 3.23. The third-order valence-electron chi connectivity index (χ3n) is 4.80. The van der Waals surface area contributed by atoms with Gasteiger partial charge in [-0.25, -0.2) is 0 Å². The fraction of sp³-hybridized carbons (Fsp3) is 0.444. The van der Waals surface area contributed by atoms with Crippen molar-refractivity contribution in [1.82, 2.24) is 10.6 Å². The van der Waals surface area contributed by atoms with Gasteiger partial charge in [0.2, 0.25) is 5.91 Å². The normalized spacial score (nSPS) is 23.3. The predicted molar refractivity (Wildman–Crippen MR) is 87.1 cm³/mol. The number of carbonyl (C=O) groups excluding carboxylic acids is 2. The van der Waals surface area contributed by atoms with Crippen LogP contribution in [0.15, 0.2) is 36.0 Å². The van der Waals surface area contributed by atoms with E-state index in [0.717, 1.165) is 31.4 Å². The molecule has 5 heteroatoms. The number of carbonyl (C=O) groups is 2. The van der Waals surface area contributed by atoms with Crippen molar-refractivity contribution < 1.29 is 14.3 Å². The molecule has 0 spiro atoms. The highest BCUT2D eigenvalue weighted by Gasteiger charge is 2.40. The molecule has 0 aromatic heterocycles. The number of hydrogen-bond donors (Lipinski definition) is 2. The second kappa shape index (κ2) is 6.44. The summed E-state index contributed by atoms with van der Waals surface area (Å²) in [5, 5.41) is 6.03. The minimum absolute atomic E-state index is 0.0768. The van der Waals surface area contributed by atoms with Crippen LogP contribution in [0.4, 0.5) is 0 Å². The van der Waals surface area contributed by atoms with Crippen LogP contribution in [0.25, 0.3) is 0 Å². The molecule has 0 radical (unpaired) electrons. The standard InChI is InChI=1S/C18H22N2O3/c1-23-14-6-4-5-13(11-14)17(22)19-12-18-9-3-2-7-15(18)20-16(21)8-10-18/h4-7,11H,2-3,8-10,12H2,1H3,(H,19,22)(H,20,21). The van der Waals surface area contributed by atoms with Crippen LogP contribution in [0.1, 0.15) is 42.5 Å². The summed E-state index contributed by atoms with van der Waals surface area (Å²) in [4.78, 5) is 24.1. The summed E-state index contributed by atoms with van der Waals surface area (Å²) in [5.41, 5.74) is 1.45. The maximum atomic E-state index is 12.4. The van der Waals surface area contributed by atoms with E-state index in [-0.39, 0.29) is 17.2 Å². The van der Waals surface area contributed by atoms with Crippen molar-refractivity contribution >= 4 is 11.8 Å². The summed E-state index contributed by atoms with van der Waals surface area (Å²) in [6.45, 7) is 0.551. The minimum atomic E-state index is -0.124. The zero-order chi connectivity index (χ0) is 16.3. The van der Waals surface area contributed by atoms with Crippen molar-refractivity contribution in [2.75, 3.05) is 13.7 Å². The van der Waals surface area contributed by atoms with Crippen molar-refractivity contribution in [1.29, 1.82) is 0 Å². The highest BCUT2D eigenvalue weighted by Crippen LogP contribution is 2.42. The second-order valence-electron chi connectivity index (χ2n) is 6.25. The van der Waals surface area contributed by atoms with Crippen LogP contribution in [0.3, 0.4) is 0 Å². The first-order chi connectivity index (χ1) is 11.1. The van der Waals surface area contributed by atoms with Gasteiger partial charge in [0.05, 0.1) is 7.11 Å². The number of rotatable bonds is 4. The highest BCUT2D eigenvalue weighted by molar-refractivity contribution is 5.94. The Balaban J connectivity index is 1.71. The fourth-order valence-electron chi connectivity index (χ4n) is 3.43. The van der Waals surface area contributed by atoms with Crippen LogP contribution in [-0.2, 0) is 4.79 Å². The zero-order valence-corrected chi connectivity index (χ0v) is 13.4. The Kier molecular flexibility index (Phi) is 4.37. The molecule has 1 heterocycles. The lowest BCUT2D eigenvalue weighted by Crippen LogP contribution is -2.48. The summed E-state index contributed by atoms with van der Waals surface area (Å²) < 4.78 is 5.16. The summed E-state index contributed by atoms with van der Waals surface area (Å²) in [5.74, 6) is 0.631. The van der Waals surface area contributed by atoms with Crippen LogP contribution in [0.5, 0.6) is 5.75 Å². The number of piperidine rings is 1. The molecule has 3 rings (SSSR count). The lowest BCUT2D eigenvalue weighted by molar-refractivity contribution is -0.122. The number of benzene rings is 1. The largest absolute Gasteiger partial charge is 0.497 e. The molecule has 1 saturated heterocycles. The van der Waals surface area contributed by atoms with Gasteiger partial charge >= 0.3 is 0 Å². The molecule has 122 valence electrons. The molecule has 0 saturated carbocycles. The number of methoxy groups -OCH3 is 1. The van der Waals surface area contributed by atoms with Gasteiger partial charge in [-0.3, -0.25) is 9.59 Å². The Morgan fingerprint density at radius 1 is 1.39 bits per heavy atom. The average molecular weight is 314 g/mol. The van der Waals surface area contributed by atoms with Crippen molar-refractivity contribution in [2.45, 2.75) is 32.1 Å². The molecule has 2 amide bonds. The number of fused-ring (bicyclic) bond motifs is 1. The number of ether oxygens (including phenoxy) is 1. The number of amides is 2. The average Bonchev–Trinajstić information content (AvgIpc) is 2.60. The molecular formula is C18H22N2O3. The Morgan fingerprint density at radius 3 is 3.09 bits per heavy atom. The number of hydrogen-bond acceptors (Lipinski definition) is 3. The van der Waals surface area contributed by atoms with Crippen LogP contribution >= 0.6 is 0 Å². The molecule has 23 heavy (non-hydrogen) atoms. The Morgan fingerprint density at radius 2 is 2.26 bits per heavy atom. The van der Waals surface area contributed by atoms with Crippen molar-refractivity contribution in [3.8, 4) is 5.75 Å².